The van der Waals surface area contributed by atoms with E-state index in [-0.39, 0.29) is 12.5 Å². The van der Waals surface area contributed by atoms with Gasteiger partial charge in [0.25, 0.3) is 5.91 Å². The molecular weight excluding hydrogens is 218 g/mol. The van der Waals surface area contributed by atoms with Gasteiger partial charge in [0, 0.05) is 31.9 Å². The van der Waals surface area contributed by atoms with Crippen LogP contribution in [-0.4, -0.2) is 43.6 Å². The first-order valence-electron chi connectivity index (χ1n) is 5.72. The molecule has 92 valence electrons. The Kier molecular flexibility index (Phi) is 3.82. The molecular formula is C12H17N3O2. The number of nitrogens with one attached hydrogen (secondary N) is 1. The molecule has 0 aromatic heterocycles. The molecule has 1 amide bonds. The number of hydrogen-bond acceptors (Lipinski definition) is 4. The summed E-state index contributed by atoms with van der Waals surface area (Å²) in [4.78, 5) is 13.6. The summed E-state index contributed by atoms with van der Waals surface area (Å²) in [5, 5.41) is 3.20. The highest BCUT2D eigenvalue weighted by Crippen LogP contribution is 2.13. The van der Waals surface area contributed by atoms with Gasteiger partial charge < -0.3 is 20.7 Å². The van der Waals surface area contributed by atoms with Crippen LogP contribution < -0.4 is 15.8 Å². The lowest BCUT2D eigenvalue weighted by Gasteiger charge is -2.27. The lowest BCUT2D eigenvalue weighted by atomic mass is 10.3. The van der Waals surface area contributed by atoms with E-state index in [1.807, 2.05) is 4.90 Å². The van der Waals surface area contributed by atoms with Crippen LogP contribution in [-0.2, 0) is 4.79 Å². The van der Waals surface area contributed by atoms with Crippen LogP contribution >= 0.6 is 0 Å². The van der Waals surface area contributed by atoms with Crippen LogP contribution in [0, 0.1) is 0 Å². The van der Waals surface area contributed by atoms with Crippen molar-refractivity contribution in [3.63, 3.8) is 0 Å². The van der Waals surface area contributed by atoms with Crippen LogP contribution in [0.1, 0.15) is 0 Å². The number of amides is 1. The Morgan fingerprint density at radius 3 is 2.59 bits per heavy atom. The van der Waals surface area contributed by atoms with Gasteiger partial charge >= 0.3 is 0 Å². The minimum atomic E-state index is 0.0309. The molecule has 0 unspecified atom stereocenters. The van der Waals surface area contributed by atoms with Gasteiger partial charge in [-0.25, -0.2) is 0 Å². The molecule has 1 aromatic carbocycles. The van der Waals surface area contributed by atoms with Crippen molar-refractivity contribution < 1.29 is 9.53 Å². The molecule has 1 fully saturated rings. The summed E-state index contributed by atoms with van der Waals surface area (Å²) >= 11 is 0. The number of anilines is 1. The molecule has 1 aromatic rings. The second-order valence-corrected chi connectivity index (χ2v) is 3.99. The second-order valence-electron chi connectivity index (χ2n) is 3.99. The largest absolute Gasteiger partial charge is 0.484 e. The van der Waals surface area contributed by atoms with Crippen LogP contribution in [0.3, 0.4) is 0 Å². The van der Waals surface area contributed by atoms with Crippen molar-refractivity contribution in [2.24, 2.45) is 0 Å². The molecule has 0 aliphatic carbocycles. The zero-order chi connectivity index (χ0) is 12.1. The standard InChI is InChI=1S/C12H17N3O2/c13-10-1-3-11(4-2-10)17-9-12(16)15-7-5-14-6-8-15/h1-4,14H,5-9,13H2. The molecule has 2 rings (SSSR count). The average molecular weight is 235 g/mol. The lowest BCUT2D eigenvalue weighted by molar-refractivity contribution is -0.133. The zero-order valence-corrected chi connectivity index (χ0v) is 9.69. The molecule has 1 saturated heterocycles. The fourth-order valence-corrected chi connectivity index (χ4v) is 1.71. The van der Waals surface area contributed by atoms with Gasteiger partial charge in [-0.3, -0.25) is 4.79 Å². The fraction of sp³-hybridized carbons (Fsp3) is 0.417. The van der Waals surface area contributed by atoms with E-state index in [2.05, 4.69) is 5.32 Å². The Morgan fingerprint density at radius 1 is 1.29 bits per heavy atom. The summed E-state index contributed by atoms with van der Waals surface area (Å²) in [5.74, 6) is 0.700. The highest BCUT2D eigenvalue weighted by molar-refractivity contribution is 5.77. The molecule has 17 heavy (non-hydrogen) atoms. The third-order valence-corrected chi connectivity index (χ3v) is 2.71. The SMILES string of the molecule is Nc1ccc(OCC(=O)N2CCNCC2)cc1. The number of nitrogens with zero attached hydrogens (tertiary/aromatic N) is 1. The van der Waals surface area contributed by atoms with Gasteiger partial charge in [-0.05, 0) is 24.3 Å². The quantitative estimate of drug-likeness (QED) is 0.728. The molecule has 1 aliphatic heterocycles. The number of carbonyl (C=O) groups is 1. The molecule has 1 aliphatic rings. The first-order chi connectivity index (χ1) is 8.25. The highest BCUT2D eigenvalue weighted by atomic mass is 16.5. The van der Waals surface area contributed by atoms with Crippen LogP contribution in [0.15, 0.2) is 24.3 Å². The number of carbonyl (C=O) groups excluding carboxylic acids is 1. The van der Waals surface area contributed by atoms with E-state index in [1.54, 1.807) is 24.3 Å². The molecule has 1 heterocycles. The molecule has 5 heteroatoms. The Balaban J connectivity index is 1.81. The molecule has 0 bridgehead atoms. The van der Waals surface area contributed by atoms with E-state index < -0.39 is 0 Å². The number of rotatable bonds is 3. The Hall–Kier alpha value is -1.75. The third kappa shape index (κ3) is 3.35. The number of nitrogen functional groups attached to an aromatic ring is 1. The number of piperazine rings is 1. The number of hydrogen-bond donors (Lipinski definition) is 2. The number of nitrogens with two attached hydrogens (primary N) is 1. The lowest BCUT2D eigenvalue weighted by Crippen LogP contribution is -2.47. The van der Waals surface area contributed by atoms with E-state index in [0.29, 0.717) is 11.4 Å². The third-order valence-electron chi connectivity index (χ3n) is 2.71. The first-order valence-corrected chi connectivity index (χ1v) is 5.72. The van der Waals surface area contributed by atoms with E-state index in [1.165, 1.54) is 0 Å². The van der Waals surface area contributed by atoms with Gasteiger partial charge in [0.15, 0.2) is 6.61 Å². The monoisotopic (exact) mass is 235 g/mol. The molecule has 0 spiro atoms. The van der Waals surface area contributed by atoms with Crippen molar-refractivity contribution in [1.82, 2.24) is 10.2 Å². The average Bonchev–Trinajstić information content (AvgIpc) is 2.39. The van der Waals surface area contributed by atoms with Crippen molar-refractivity contribution in [3.8, 4) is 5.75 Å². The maximum absolute atomic E-state index is 11.8. The summed E-state index contributed by atoms with van der Waals surface area (Å²) in [6.45, 7) is 3.30. The Labute approximate surface area is 101 Å². The number of benzene rings is 1. The van der Waals surface area contributed by atoms with E-state index in [4.69, 9.17) is 10.5 Å². The Morgan fingerprint density at radius 2 is 1.94 bits per heavy atom. The van der Waals surface area contributed by atoms with Gasteiger partial charge in [-0.2, -0.15) is 0 Å². The van der Waals surface area contributed by atoms with Gasteiger partial charge in [-0.1, -0.05) is 0 Å². The topological polar surface area (TPSA) is 67.6 Å². The Bertz CT molecular complexity index is 372. The molecule has 5 nitrogen and oxygen atoms in total. The van der Waals surface area contributed by atoms with Crippen LogP contribution in [0.5, 0.6) is 5.75 Å². The summed E-state index contributed by atoms with van der Waals surface area (Å²) in [6, 6.07) is 7.04. The van der Waals surface area contributed by atoms with Gasteiger partial charge in [0.2, 0.25) is 0 Å². The van der Waals surface area contributed by atoms with Crippen molar-refractivity contribution in [1.29, 1.82) is 0 Å². The zero-order valence-electron chi connectivity index (χ0n) is 9.69. The van der Waals surface area contributed by atoms with Crippen molar-refractivity contribution in [3.05, 3.63) is 24.3 Å². The van der Waals surface area contributed by atoms with Crippen molar-refractivity contribution >= 4 is 11.6 Å². The summed E-state index contributed by atoms with van der Waals surface area (Å²) in [6.07, 6.45) is 0. The predicted molar refractivity (Wildman–Crippen MR) is 65.8 cm³/mol. The van der Waals surface area contributed by atoms with Gasteiger partial charge in [0.05, 0.1) is 0 Å². The van der Waals surface area contributed by atoms with E-state index in [9.17, 15) is 4.79 Å². The summed E-state index contributed by atoms with van der Waals surface area (Å²) < 4.78 is 5.41. The molecule has 3 N–H and O–H groups in total. The van der Waals surface area contributed by atoms with Crippen LogP contribution in [0.25, 0.3) is 0 Å². The number of ether oxygens (including phenoxy) is 1. The van der Waals surface area contributed by atoms with Crippen LogP contribution in [0.4, 0.5) is 5.69 Å². The minimum absolute atomic E-state index is 0.0309. The maximum Gasteiger partial charge on any atom is 0.260 e. The van der Waals surface area contributed by atoms with Crippen LogP contribution in [0.2, 0.25) is 0 Å². The van der Waals surface area contributed by atoms with Gasteiger partial charge in [0.1, 0.15) is 5.75 Å². The minimum Gasteiger partial charge on any atom is -0.484 e. The fourth-order valence-electron chi connectivity index (χ4n) is 1.71. The second kappa shape index (κ2) is 5.54. The van der Waals surface area contributed by atoms with E-state index >= 15 is 0 Å². The molecule has 0 saturated carbocycles. The van der Waals surface area contributed by atoms with Crippen molar-refractivity contribution in [2.75, 3.05) is 38.5 Å². The van der Waals surface area contributed by atoms with Gasteiger partial charge in [-0.15, -0.1) is 0 Å². The highest BCUT2D eigenvalue weighted by Gasteiger charge is 2.16. The maximum atomic E-state index is 11.8. The van der Waals surface area contributed by atoms with E-state index in [0.717, 1.165) is 26.2 Å². The summed E-state index contributed by atoms with van der Waals surface area (Å²) in [7, 11) is 0. The smallest absolute Gasteiger partial charge is 0.260 e. The van der Waals surface area contributed by atoms with Crippen molar-refractivity contribution in [2.45, 2.75) is 0 Å². The summed E-state index contributed by atoms with van der Waals surface area (Å²) in [5.41, 5.74) is 6.25. The predicted octanol–water partition coefficient (Wildman–Crippen LogP) is 0.0794. The molecule has 0 atom stereocenters. The first kappa shape index (κ1) is 11.7. The molecule has 0 radical (unpaired) electrons. The normalized spacial score (nSPS) is 15.6.